The van der Waals surface area contributed by atoms with Gasteiger partial charge in [0.2, 0.25) is 0 Å². The standard InChI is InChI=1S/C20H29NO3/c1-20(2)14-18(24-19(20)22)10-13-21-11-8-16(9-12-21)15-4-6-17(23-3)7-5-15/h4-7,16,18H,8-14H2,1-3H3/t18-/m1/s1. The normalized spacial score (nSPS) is 24.8. The quantitative estimate of drug-likeness (QED) is 0.773. The van der Waals surface area contributed by atoms with Crippen molar-refractivity contribution < 1.29 is 14.3 Å². The topological polar surface area (TPSA) is 38.8 Å². The first-order valence-electron chi connectivity index (χ1n) is 9.05. The fraction of sp³-hybridized carbons (Fsp3) is 0.650. The van der Waals surface area contributed by atoms with E-state index in [9.17, 15) is 4.79 Å². The maximum Gasteiger partial charge on any atom is 0.311 e. The predicted octanol–water partition coefficient (Wildman–Crippen LogP) is 3.61. The van der Waals surface area contributed by atoms with Gasteiger partial charge in [0.15, 0.2) is 0 Å². The summed E-state index contributed by atoms with van der Waals surface area (Å²) >= 11 is 0. The number of carbonyl (C=O) groups excluding carboxylic acids is 1. The van der Waals surface area contributed by atoms with Crippen molar-refractivity contribution in [3.05, 3.63) is 29.8 Å². The molecule has 0 aromatic heterocycles. The average molecular weight is 331 g/mol. The van der Waals surface area contributed by atoms with Gasteiger partial charge >= 0.3 is 5.97 Å². The molecule has 0 radical (unpaired) electrons. The molecule has 132 valence electrons. The monoisotopic (exact) mass is 331 g/mol. The molecule has 1 aromatic rings. The largest absolute Gasteiger partial charge is 0.497 e. The third-order valence-corrected chi connectivity index (χ3v) is 5.51. The van der Waals surface area contributed by atoms with Gasteiger partial charge < -0.3 is 14.4 Å². The molecule has 0 saturated carbocycles. The number of ether oxygens (including phenoxy) is 2. The first-order chi connectivity index (χ1) is 11.5. The van der Waals surface area contributed by atoms with Crippen molar-refractivity contribution in [1.82, 2.24) is 4.90 Å². The highest BCUT2D eigenvalue weighted by molar-refractivity contribution is 5.78. The number of carbonyl (C=O) groups is 1. The summed E-state index contributed by atoms with van der Waals surface area (Å²) in [4.78, 5) is 14.3. The molecule has 2 aliphatic heterocycles. The van der Waals surface area contributed by atoms with E-state index in [0.29, 0.717) is 5.92 Å². The zero-order valence-corrected chi connectivity index (χ0v) is 15.1. The van der Waals surface area contributed by atoms with Crippen molar-refractivity contribution in [3.63, 3.8) is 0 Å². The third kappa shape index (κ3) is 3.92. The molecule has 1 atom stereocenters. The lowest BCUT2D eigenvalue weighted by atomic mass is 9.88. The van der Waals surface area contributed by atoms with Gasteiger partial charge in [-0.15, -0.1) is 0 Å². The highest BCUT2D eigenvalue weighted by Gasteiger charge is 2.41. The Bertz CT molecular complexity index is 559. The predicted molar refractivity (Wildman–Crippen MR) is 94.3 cm³/mol. The summed E-state index contributed by atoms with van der Waals surface area (Å²) in [6, 6.07) is 8.49. The Balaban J connectivity index is 1.43. The van der Waals surface area contributed by atoms with Crippen LogP contribution in [0, 0.1) is 5.41 Å². The minimum atomic E-state index is -0.300. The number of hydrogen-bond donors (Lipinski definition) is 0. The second kappa shape index (κ2) is 7.14. The molecule has 4 nitrogen and oxygen atoms in total. The van der Waals surface area contributed by atoms with Crippen LogP contribution in [0.2, 0.25) is 0 Å². The molecule has 0 N–H and O–H groups in total. The summed E-state index contributed by atoms with van der Waals surface area (Å²) < 4.78 is 10.7. The fourth-order valence-electron chi connectivity index (χ4n) is 3.86. The fourth-order valence-corrected chi connectivity index (χ4v) is 3.86. The zero-order chi connectivity index (χ0) is 17.2. The van der Waals surface area contributed by atoms with Crippen LogP contribution in [0.1, 0.15) is 51.0 Å². The van der Waals surface area contributed by atoms with Gasteiger partial charge in [-0.05, 0) is 76.2 Å². The van der Waals surface area contributed by atoms with Crippen molar-refractivity contribution in [2.24, 2.45) is 5.41 Å². The number of methoxy groups -OCH3 is 1. The van der Waals surface area contributed by atoms with E-state index in [4.69, 9.17) is 9.47 Å². The summed E-state index contributed by atoms with van der Waals surface area (Å²) in [5.41, 5.74) is 1.12. The summed E-state index contributed by atoms with van der Waals surface area (Å²) in [6.45, 7) is 7.25. The first-order valence-corrected chi connectivity index (χ1v) is 9.05. The Morgan fingerprint density at radius 3 is 2.42 bits per heavy atom. The van der Waals surface area contributed by atoms with Gasteiger partial charge in [0, 0.05) is 6.54 Å². The van der Waals surface area contributed by atoms with Crippen molar-refractivity contribution in [2.45, 2.75) is 51.6 Å². The van der Waals surface area contributed by atoms with Crippen LogP contribution in [0.4, 0.5) is 0 Å². The van der Waals surface area contributed by atoms with Crippen LogP contribution >= 0.6 is 0 Å². The van der Waals surface area contributed by atoms with Crippen LogP contribution in [-0.2, 0) is 9.53 Å². The lowest BCUT2D eigenvalue weighted by Gasteiger charge is -2.32. The van der Waals surface area contributed by atoms with E-state index in [0.717, 1.165) is 38.2 Å². The van der Waals surface area contributed by atoms with Crippen LogP contribution in [0.15, 0.2) is 24.3 Å². The van der Waals surface area contributed by atoms with Crippen molar-refractivity contribution in [2.75, 3.05) is 26.7 Å². The Labute approximate surface area is 145 Å². The third-order valence-electron chi connectivity index (χ3n) is 5.51. The van der Waals surface area contributed by atoms with Crippen LogP contribution in [0.5, 0.6) is 5.75 Å². The maximum atomic E-state index is 11.8. The molecule has 0 amide bonds. The van der Waals surface area contributed by atoms with Gasteiger partial charge in [-0.25, -0.2) is 0 Å². The minimum absolute atomic E-state index is 0.0364. The Morgan fingerprint density at radius 1 is 1.21 bits per heavy atom. The first kappa shape index (κ1) is 17.3. The highest BCUT2D eigenvalue weighted by atomic mass is 16.6. The molecule has 0 spiro atoms. The second-order valence-electron chi connectivity index (χ2n) is 7.79. The van der Waals surface area contributed by atoms with Crippen LogP contribution in [0.25, 0.3) is 0 Å². The molecule has 2 heterocycles. The van der Waals surface area contributed by atoms with E-state index in [1.165, 1.54) is 18.4 Å². The highest BCUT2D eigenvalue weighted by Crippen LogP contribution is 2.35. The molecule has 24 heavy (non-hydrogen) atoms. The van der Waals surface area contributed by atoms with Gasteiger partial charge in [-0.2, -0.15) is 0 Å². The smallest absolute Gasteiger partial charge is 0.311 e. The summed E-state index contributed by atoms with van der Waals surface area (Å²) in [7, 11) is 1.70. The van der Waals surface area contributed by atoms with E-state index in [1.807, 2.05) is 13.8 Å². The molecule has 3 rings (SSSR count). The lowest BCUT2D eigenvalue weighted by Crippen LogP contribution is -2.35. The van der Waals surface area contributed by atoms with E-state index < -0.39 is 0 Å². The zero-order valence-electron chi connectivity index (χ0n) is 15.1. The van der Waals surface area contributed by atoms with E-state index in [2.05, 4.69) is 29.2 Å². The average Bonchev–Trinajstić information content (AvgIpc) is 2.86. The molecule has 0 aliphatic carbocycles. The number of piperidine rings is 1. The molecular formula is C20H29NO3. The number of hydrogen-bond acceptors (Lipinski definition) is 4. The van der Waals surface area contributed by atoms with E-state index in [1.54, 1.807) is 7.11 Å². The Kier molecular flexibility index (Phi) is 5.14. The molecule has 4 heteroatoms. The molecule has 2 aliphatic rings. The summed E-state index contributed by atoms with van der Waals surface area (Å²) in [5.74, 6) is 1.53. The Hall–Kier alpha value is -1.55. The number of likely N-dealkylation sites (tertiary alicyclic amines) is 1. The van der Waals surface area contributed by atoms with Gasteiger partial charge in [0.25, 0.3) is 0 Å². The van der Waals surface area contributed by atoms with Crippen molar-refractivity contribution >= 4 is 5.97 Å². The van der Waals surface area contributed by atoms with Crippen molar-refractivity contribution in [1.29, 1.82) is 0 Å². The molecular weight excluding hydrogens is 302 g/mol. The summed E-state index contributed by atoms with van der Waals surface area (Å²) in [6.07, 6.45) is 4.31. The maximum absolute atomic E-state index is 11.8. The molecule has 1 aromatic carbocycles. The molecule has 2 saturated heterocycles. The van der Waals surface area contributed by atoms with Crippen molar-refractivity contribution in [3.8, 4) is 5.75 Å². The van der Waals surface area contributed by atoms with Gasteiger partial charge in [-0.3, -0.25) is 4.79 Å². The lowest BCUT2D eigenvalue weighted by molar-refractivity contribution is -0.147. The number of nitrogens with zero attached hydrogens (tertiary/aromatic N) is 1. The number of esters is 1. The number of cyclic esters (lactones) is 1. The van der Waals surface area contributed by atoms with Gasteiger partial charge in [0.05, 0.1) is 12.5 Å². The van der Waals surface area contributed by atoms with E-state index in [-0.39, 0.29) is 17.5 Å². The molecule has 2 fully saturated rings. The van der Waals surface area contributed by atoms with Crippen LogP contribution < -0.4 is 4.74 Å². The Morgan fingerprint density at radius 2 is 1.88 bits per heavy atom. The van der Waals surface area contributed by atoms with Gasteiger partial charge in [0.1, 0.15) is 11.9 Å². The summed E-state index contributed by atoms with van der Waals surface area (Å²) in [5, 5.41) is 0. The SMILES string of the molecule is COc1ccc(C2CCN(CC[C@@H]3CC(C)(C)C(=O)O3)CC2)cc1. The molecule has 0 unspecified atom stereocenters. The van der Waals surface area contributed by atoms with E-state index >= 15 is 0 Å². The second-order valence-corrected chi connectivity index (χ2v) is 7.79. The number of benzene rings is 1. The number of rotatable bonds is 5. The van der Waals surface area contributed by atoms with Crippen LogP contribution in [-0.4, -0.2) is 43.7 Å². The van der Waals surface area contributed by atoms with Gasteiger partial charge in [-0.1, -0.05) is 12.1 Å². The minimum Gasteiger partial charge on any atom is -0.497 e. The molecule has 0 bridgehead atoms. The van der Waals surface area contributed by atoms with Crippen LogP contribution in [0.3, 0.4) is 0 Å².